The van der Waals surface area contributed by atoms with Crippen molar-refractivity contribution in [1.82, 2.24) is 0 Å². The first kappa shape index (κ1) is 11.0. The first-order valence-electron chi connectivity index (χ1n) is 4.88. The smallest absolute Gasteiger partial charge is 0.150 e. The zero-order chi connectivity index (χ0) is 10.1. The van der Waals surface area contributed by atoms with Crippen molar-refractivity contribution in [1.29, 1.82) is 0 Å². The third-order valence-electron chi connectivity index (χ3n) is 3.21. The van der Waals surface area contributed by atoms with Crippen LogP contribution >= 0.6 is 0 Å². The molecule has 0 aromatic rings. The van der Waals surface area contributed by atoms with E-state index in [9.17, 15) is 8.42 Å². The lowest BCUT2D eigenvalue weighted by Gasteiger charge is -2.18. The van der Waals surface area contributed by atoms with Crippen molar-refractivity contribution in [3.05, 3.63) is 0 Å². The van der Waals surface area contributed by atoms with Crippen molar-refractivity contribution in [3.8, 4) is 0 Å². The average Bonchev–Trinajstić information content (AvgIpc) is 2.82. The van der Waals surface area contributed by atoms with Gasteiger partial charge in [-0.1, -0.05) is 6.92 Å². The van der Waals surface area contributed by atoms with E-state index in [4.69, 9.17) is 5.73 Å². The zero-order valence-corrected chi connectivity index (χ0v) is 9.23. The highest BCUT2D eigenvalue weighted by Crippen LogP contribution is 2.51. The van der Waals surface area contributed by atoms with Crippen LogP contribution in [0.25, 0.3) is 0 Å². The van der Waals surface area contributed by atoms with Crippen molar-refractivity contribution in [2.45, 2.75) is 39.2 Å². The fourth-order valence-electron chi connectivity index (χ4n) is 1.60. The molecule has 0 aliphatic heterocycles. The van der Waals surface area contributed by atoms with Crippen LogP contribution in [0.3, 0.4) is 0 Å². The summed E-state index contributed by atoms with van der Waals surface area (Å²) < 4.78 is 22.5. The van der Waals surface area contributed by atoms with E-state index in [0.717, 1.165) is 19.3 Å². The molecule has 0 spiro atoms. The Morgan fingerprint density at radius 3 is 2.31 bits per heavy atom. The third-order valence-corrected chi connectivity index (χ3v) is 4.91. The summed E-state index contributed by atoms with van der Waals surface area (Å²) in [5.74, 6) is 0.563. The van der Waals surface area contributed by atoms with Gasteiger partial charge in [-0.3, -0.25) is 0 Å². The lowest BCUT2D eigenvalue weighted by atomic mass is 9.96. The normalized spacial score (nSPS) is 22.7. The maximum absolute atomic E-state index is 11.3. The van der Waals surface area contributed by atoms with Crippen LogP contribution in [0, 0.1) is 5.41 Å². The van der Waals surface area contributed by atoms with Crippen molar-refractivity contribution >= 4 is 9.84 Å². The Morgan fingerprint density at radius 2 is 2.00 bits per heavy atom. The molecule has 1 aliphatic carbocycles. The van der Waals surface area contributed by atoms with E-state index < -0.39 is 9.84 Å². The number of hydrogen-bond acceptors (Lipinski definition) is 3. The van der Waals surface area contributed by atoms with Gasteiger partial charge < -0.3 is 5.73 Å². The second kappa shape index (κ2) is 3.58. The van der Waals surface area contributed by atoms with Gasteiger partial charge in [0.2, 0.25) is 0 Å². The van der Waals surface area contributed by atoms with Gasteiger partial charge in [-0.2, -0.15) is 0 Å². The molecule has 1 rings (SSSR count). The Morgan fingerprint density at radius 1 is 1.46 bits per heavy atom. The predicted molar refractivity (Wildman–Crippen MR) is 54.3 cm³/mol. The second-order valence-electron chi connectivity index (χ2n) is 4.14. The van der Waals surface area contributed by atoms with Crippen LogP contribution in [0.2, 0.25) is 0 Å². The van der Waals surface area contributed by atoms with E-state index in [1.807, 2.05) is 6.92 Å². The van der Waals surface area contributed by atoms with Crippen molar-refractivity contribution < 1.29 is 8.42 Å². The molecule has 3 nitrogen and oxygen atoms in total. The van der Waals surface area contributed by atoms with Crippen molar-refractivity contribution in [2.24, 2.45) is 11.1 Å². The SMILES string of the molecule is CCS(=O)(=O)CCC1(C(C)N)CC1. The summed E-state index contributed by atoms with van der Waals surface area (Å²) in [6, 6.07) is 0.138. The maximum atomic E-state index is 11.3. The molecule has 2 N–H and O–H groups in total. The number of sulfone groups is 1. The molecular formula is C9H19NO2S. The number of hydrogen-bond donors (Lipinski definition) is 1. The molecule has 0 aromatic carbocycles. The summed E-state index contributed by atoms with van der Waals surface area (Å²) in [5, 5.41) is 0. The lowest BCUT2D eigenvalue weighted by molar-refractivity contribution is 0.407. The minimum Gasteiger partial charge on any atom is -0.327 e. The maximum Gasteiger partial charge on any atom is 0.150 e. The molecule has 0 bridgehead atoms. The van der Waals surface area contributed by atoms with Gasteiger partial charge in [0.05, 0.1) is 5.75 Å². The molecule has 0 heterocycles. The van der Waals surface area contributed by atoms with E-state index in [1.165, 1.54) is 0 Å². The van der Waals surface area contributed by atoms with Crippen LogP contribution in [0.1, 0.15) is 33.1 Å². The predicted octanol–water partition coefficient (Wildman–Crippen LogP) is 0.939. The quantitative estimate of drug-likeness (QED) is 0.726. The molecule has 78 valence electrons. The first-order chi connectivity index (χ1) is 5.92. The molecule has 1 fully saturated rings. The molecule has 4 heteroatoms. The third kappa shape index (κ3) is 2.68. The minimum absolute atomic E-state index is 0.138. The summed E-state index contributed by atoms with van der Waals surface area (Å²) in [6.07, 6.45) is 2.95. The number of nitrogens with two attached hydrogens (primary N) is 1. The molecule has 13 heavy (non-hydrogen) atoms. The highest BCUT2D eigenvalue weighted by atomic mass is 32.2. The van der Waals surface area contributed by atoms with Gasteiger partial charge in [-0.15, -0.1) is 0 Å². The Labute approximate surface area is 80.6 Å². The first-order valence-corrected chi connectivity index (χ1v) is 6.70. The molecule has 1 saturated carbocycles. The van der Waals surface area contributed by atoms with E-state index in [0.29, 0.717) is 5.75 Å². The topological polar surface area (TPSA) is 60.2 Å². The largest absolute Gasteiger partial charge is 0.327 e. The fourth-order valence-corrected chi connectivity index (χ4v) is 2.60. The minimum atomic E-state index is -2.80. The van der Waals surface area contributed by atoms with Gasteiger partial charge in [0.15, 0.2) is 0 Å². The lowest BCUT2D eigenvalue weighted by Crippen LogP contribution is -2.30. The van der Waals surface area contributed by atoms with E-state index in [-0.39, 0.29) is 17.2 Å². The zero-order valence-electron chi connectivity index (χ0n) is 8.41. The summed E-state index contributed by atoms with van der Waals surface area (Å²) >= 11 is 0. The highest BCUT2D eigenvalue weighted by molar-refractivity contribution is 7.91. The van der Waals surface area contributed by atoms with E-state index in [2.05, 4.69) is 0 Å². The van der Waals surface area contributed by atoms with Crippen LogP contribution in [0.4, 0.5) is 0 Å². The number of rotatable bonds is 5. The molecule has 1 atom stereocenters. The monoisotopic (exact) mass is 205 g/mol. The Bertz CT molecular complexity index is 265. The van der Waals surface area contributed by atoms with Gasteiger partial charge in [0.1, 0.15) is 9.84 Å². The highest BCUT2D eigenvalue weighted by Gasteiger charge is 2.45. The van der Waals surface area contributed by atoms with Gasteiger partial charge in [0, 0.05) is 11.8 Å². The summed E-state index contributed by atoms with van der Waals surface area (Å²) in [6.45, 7) is 3.67. The Kier molecular flexibility index (Phi) is 3.02. The van der Waals surface area contributed by atoms with Crippen LogP contribution in [-0.2, 0) is 9.84 Å². The van der Waals surface area contributed by atoms with Gasteiger partial charge >= 0.3 is 0 Å². The molecular weight excluding hydrogens is 186 g/mol. The molecule has 0 aromatic heterocycles. The van der Waals surface area contributed by atoms with E-state index in [1.54, 1.807) is 6.92 Å². The van der Waals surface area contributed by atoms with Crippen LogP contribution in [-0.4, -0.2) is 26.0 Å². The average molecular weight is 205 g/mol. The molecule has 0 amide bonds. The fraction of sp³-hybridized carbons (Fsp3) is 1.00. The van der Waals surface area contributed by atoms with Crippen molar-refractivity contribution in [3.63, 3.8) is 0 Å². The summed E-state index contributed by atoms with van der Waals surface area (Å²) in [7, 11) is -2.80. The Balaban J connectivity index is 2.44. The molecule has 1 unspecified atom stereocenters. The van der Waals surface area contributed by atoms with Crippen LogP contribution in [0.5, 0.6) is 0 Å². The van der Waals surface area contributed by atoms with Crippen LogP contribution in [0.15, 0.2) is 0 Å². The Hall–Kier alpha value is -0.0900. The van der Waals surface area contributed by atoms with Crippen molar-refractivity contribution in [2.75, 3.05) is 11.5 Å². The molecule has 1 aliphatic rings. The van der Waals surface area contributed by atoms with Gasteiger partial charge in [-0.05, 0) is 31.6 Å². The van der Waals surface area contributed by atoms with Crippen LogP contribution < -0.4 is 5.73 Å². The second-order valence-corrected chi connectivity index (χ2v) is 6.61. The van der Waals surface area contributed by atoms with Gasteiger partial charge in [-0.25, -0.2) is 8.42 Å². The van der Waals surface area contributed by atoms with E-state index >= 15 is 0 Å². The molecule has 0 radical (unpaired) electrons. The summed E-state index contributed by atoms with van der Waals surface area (Å²) in [4.78, 5) is 0. The molecule has 0 saturated heterocycles. The summed E-state index contributed by atoms with van der Waals surface area (Å²) in [5.41, 5.74) is 5.96. The van der Waals surface area contributed by atoms with Gasteiger partial charge in [0.25, 0.3) is 0 Å². The standard InChI is InChI=1S/C9H19NO2S/c1-3-13(11,12)7-6-9(4-5-9)8(2)10/h8H,3-7,10H2,1-2H3.